The largest absolute Gasteiger partial charge is 0.493 e. The van der Waals surface area contributed by atoms with Gasteiger partial charge in [-0.25, -0.2) is 0 Å². The second-order valence-electron chi connectivity index (χ2n) is 6.24. The Bertz CT molecular complexity index is 914. The normalized spacial score (nSPS) is 11.6. The van der Waals surface area contributed by atoms with E-state index in [4.69, 9.17) is 0 Å². The van der Waals surface area contributed by atoms with Crippen LogP contribution in [0.25, 0.3) is 10.9 Å². The molecular formula is C19H20N4O2. The molecule has 0 unspecified atom stereocenters. The first-order valence-corrected chi connectivity index (χ1v) is 8.25. The number of pyridine rings is 1. The monoisotopic (exact) mass is 336 g/mol. The topological polar surface area (TPSA) is 79.8 Å². The predicted octanol–water partition coefficient (Wildman–Crippen LogP) is 4.71. The number of para-hydroxylation sites is 1. The van der Waals surface area contributed by atoms with Crippen LogP contribution in [0, 0.1) is 5.92 Å². The highest BCUT2D eigenvalue weighted by Crippen LogP contribution is 2.39. The van der Waals surface area contributed by atoms with Crippen molar-refractivity contribution in [3.63, 3.8) is 0 Å². The minimum atomic E-state index is -0.543. The summed E-state index contributed by atoms with van der Waals surface area (Å²) < 4.78 is 1.81. The van der Waals surface area contributed by atoms with Gasteiger partial charge in [-0.1, -0.05) is 38.1 Å². The smallest absolute Gasteiger partial charge is 0.313 e. The van der Waals surface area contributed by atoms with Gasteiger partial charge in [0.05, 0.1) is 5.52 Å². The summed E-state index contributed by atoms with van der Waals surface area (Å²) in [6.45, 7) is 4.94. The maximum absolute atomic E-state index is 12.1. The molecule has 0 radical (unpaired) electrons. The lowest BCUT2D eigenvalue weighted by Gasteiger charge is -2.08. The van der Waals surface area contributed by atoms with Crippen molar-refractivity contribution in [3.8, 4) is 5.88 Å². The fourth-order valence-corrected chi connectivity index (χ4v) is 2.62. The van der Waals surface area contributed by atoms with E-state index < -0.39 is 5.91 Å². The van der Waals surface area contributed by atoms with Gasteiger partial charge in [0.1, 0.15) is 5.69 Å². The molecule has 2 aromatic heterocycles. The lowest BCUT2D eigenvalue weighted by atomic mass is 10.1. The molecule has 3 aromatic rings. The Hall–Kier alpha value is -3.02. The molecule has 0 bridgehead atoms. The molecule has 2 heterocycles. The standard InChI is InChI=1S/C19H20N4O2/c1-13(2)10-12-23-16-9-4-3-7-14(16)17(19(23)25)21-22-18(24)15-8-5-6-11-20-15/h3-9,11,13,25H,10,12H2,1-2H3. The summed E-state index contributed by atoms with van der Waals surface area (Å²) in [7, 11) is 0. The number of fused-ring (bicyclic) bond motifs is 1. The Morgan fingerprint density at radius 3 is 2.68 bits per heavy atom. The second-order valence-corrected chi connectivity index (χ2v) is 6.24. The Balaban J connectivity index is 1.97. The van der Waals surface area contributed by atoms with Crippen LogP contribution in [0.3, 0.4) is 0 Å². The van der Waals surface area contributed by atoms with E-state index in [2.05, 4.69) is 29.1 Å². The predicted molar refractivity (Wildman–Crippen MR) is 96.1 cm³/mol. The number of nitrogens with zero attached hydrogens (tertiary/aromatic N) is 4. The molecule has 6 heteroatoms. The molecule has 1 amide bonds. The average molecular weight is 336 g/mol. The molecule has 1 aromatic carbocycles. The van der Waals surface area contributed by atoms with E-state index in [1.54, 1.807) is 18.2 Å². The van der Waals surface area contributed by atoms with Crippen LogP contribution in [-0.4, -0.2) is 20.6 Å². The maximum Gasteiger partial charge on any atom is 0.313 e. The number of amides is 1. The van der Waals surface area contributed by atoms with Crippen molar-refractivity contribution in [2.75, 3.05) is 0 Å². The van der Waals surface area contributed by atoms with E-state index >= 15 is 0 Å². The number of aryl methyl sites for hydroxylation is 1. The van der Waals surface area contributed by atoms with Gasteiger partial charge in [0.25, 0.3) is 0 Å². The summed E-state index contributed by atoms with van der Waals surface area (Å²) in [6.07, 6.45) is 2.45. The van der Waals surface area contributed by atoms with Gasteiger partial charge in [0, 0.05) is 18.1 Å². The van der Waals surface area contributed by atoms with E-state index in [9.17, 15) is 9.90 Å². The lowest BCUT2D eigenvalue weighted by Crippen LogP contribution is -2.00. The van der Waals surface area contributed by atoms with Crippen LogP contribution in [0.1, 0.15) is 30.8 Å². The van der Waals surface area contributed by atoms with Crippen LogP contribution in [0.4, 0.5) is 5.69 Å². The van der Waals surface area contributed by atoms with Crippen molar-refractivity contribution in [2.45, 2.75) is 26.8 Å². The molecular weight excluding hydrogens is 316 g/mol. The zero-order chi connectivity index (χ0) is 17.8. The van der Waals surface area contributed by atoms with Crippen molar-refractivity contribution < 1.29 is 9.90 Å². The minimum absolute atomic E-state index is 0.0272. The highest BCUT2D eigenvalue weighted by molar-refractivity contribution is 5.96. The Labute approximate surface area is 145 Å². The number of carbonyl (C=O) groups excluding carboxylic acids is 1. The van der Waals surface area contributed by atoms with E-state index in [-0.39, 0.29) is 11.6 Å². The molecule has 0 aliphatic heterocycles. The summed E-state index contributed by atoms with van der Waals surface area (Å²) in [5, 5.41) is 19.1. The second kappa shape index (κ2) is 7.25. The van der Waals surface area contributed by atoms with Gasteiger partial charge in [-0.15, -0.1) is 10.2 Å². The quantitative estimate of drug-likeness (QED) is 0.685. The molecule has 1 N–H and O–H groups in total. The molecule has 0 fully saturated rings. The SMILES string of the molecule is CC(C)CCn1c(O)c(N=NC(=O)c2ccccn2)c2ccccc21. The van der Waals surface area contributed by atoms with Gasteiger partial charge in [-0.2, -0.15) is 0 Å². The zero-order valence-electron chi connectivity index (χ0n) is 14.3. The number of carbonyl (C=O) groups is 1. The Kier molecular flexibility index (Phi) is 4.88. The van der Waals surface area contributed by atoms with Gasteiger partial charge < -0.3 is 9.67 Å². The van der Waals surface area contributed by atoms with Crippen LogP contribution in [0.15, 0.2) is 58.9 Å². The first kappa shape index (κ1) is 16.8. The van der Waals surface area contributed by atoms with Gasteiger partial charge in [-0.05, 0) is 30.5 Å². The van der Waals surface area contributed by atoms with Crippen molar-refractivity contribution in [2.24, 2.45) is 16.1 Å². The molecule has 0 saturated heterocycles. The first-order chi connectivity index (χ1) is 12.1. The molecule has 0 aliphatic rings. The number of azo groups is 1. The number of hydrogen-bond acceptors (Lipinski definition) is 4. The summed E-state index contributed by atoms with van der Waals surface area (Å²) in [6, 6.07) is 12.6. The third kappa shape index (κ3) is 3.57. The first-order valence-electron chi connectivity index (χ1n) is 8.25. The number of aromatic nitrogens is 2. The molecule has 128 valence electrons. The van der Waals surface area contributed by atoms with Gasteiger partial charge in [-0.3, -0.25) is 9.78 Å². The fraction of sp³-hybridized carbons (Fsp3) is 0.263. The highest BCUT2D eigenvalue weighted by Gasteiger charge is 2.17. The lowest BCUT2D eigenvalue weighted by molar-refractivity contribution is 0.0990. The number of hydrogen-bond donors (Lipinski definition) is 1. The number of aromatic hydroxyl groups is 1. The minimum Gasteiger partial charge on any atom is -0.493 e. The molecule has 6 nitrogen and oxygen atoms in total. The Morgan fingerprint density at radius 1 is 1.20 bits per heavy atom. The zero-order valence-corrected chi connectivity index (χ0v) is 14.3. The molecule has 25 heavy (non-hydrogen) atoms. The summed E-state index contributed by atoms with van der Waals surface area (Å²) in [5.74, 6) is -0.00481. The summed E-state index contributed by atoms with van der Waals surface area (Å²) in [4.78, 5) is 16.0. The fourth-order valence-electron chi connectivity index (χ4n) is 2.62. The van der Waals surface area contributed by atoms with Gasteiger partial charge in [0.2, 0.25) is 5.88 Å². The highest BCUT2D eigenvalue weighted by atomic mass is 16.3. The third-order valence-corrected chi connectivity index (χ3v) is 3.97. The Morgan fingerprint density at radius 2 is 1.96 bits per heavy atom. The summed E-state index contributed by atoms with van der Waals surface area (Å²) >= 11 is 0. The molecule has 0 aliphatic carbocycles. The van der Waals surface area contributed by atoms with E-state index in [1.165, 1.54) is 6.20 Å². The van der Waals surface area contributed by atoms with E-state index in [0.717, 1.165) is 17.3 Å². The van der Waals surface area contributed by atoms with Crippen molar-refractivity contribution in [1.29, 1.82) is 0 Å². The summed E-state index contributed by atoms with van der Waals surface area (Å²) in [5.41, 5.74) is 1.40. The van der Waals surface area contributed by atoms with E-state index in [1.807, 2.05) is 28.8 Å². The molecule has 0 spiro atoms. The van der Waals surface area contributed by atoms with Crippen LogP contribution < -0.4 is 0 Å². The number of rotatable bonds is 5. The molecule has 0 saturated carbocycles. The van der Waals surface area contributed by atoms with Crippen LogP contribution in [0.2, 0.25) is 0 Å². The average Bonchev–Trinajstić information content (AvgIpc) is 2.89. The molecule has 0 atom stereocenters. The van der Waals surface area contributed by atoms with E-state index in [0.29, 0.717) is 18.2 Å². The van der Waals surface area contributed by atoms with Crippen molar-refractivity contribution >= 4 is 22.5 Å². The van der Waals surface area contributed by atoms with Crippen LogP contribution in [-0.2, 0) is 6.54 Å². The van der Waals surface area contributed by atoms with Crippen LogP contribution >= 0.6 is 0 Å². The van der Waals surface area contributed by atoms with Crippen LogP contribution in [0.5, 0.6) is 5.88 Å². The van der Waals surface area contributed by atoms with Crippen molar-refractivity contribution in [3.05, 3.63) is 54.4 Å². The van der Waals surface area contributed by atoms with Gasteiger partial charge in [0.15, 0.2) is 5.69 Å². The van der Waals surface area contributed by atoms with Gasteiger partial charge >= 0.3 is 5.91 Å². The third-order valence-electron chi connectivity index (χ3n) is 3.97. The number of benzene rings is 1. The van der Waals surface area contributed by atoms with Crippen molar-refractivity contribution in [1.82, 2.24) is 9.55 Å². The molecule has 3 rings (SSSR count). The maximum atomic E-state index is 12.1.